The normalized spacial score (nSPS) is 22.1. The summed E-state index contributed by atoms with van der Waals surface area (Å²) in [6, 6.07) is 7.16. The number of hydrogen-bond donors (Lipinski definition) is 0. The van der Waals surface area contributed by atoms with Crippen LogP contribution in [0.25, 0.3) is 11.0 Å². The zero-order valence-electron chi connectivity index (χ0n) is 14.2. The van der Waals surface area contributed by atoms with Crippen LogP contribution in [-0.2, 0) is 13.0 Å². The van der Waals surface area contributed by atoms with Crippen molar-refractivity contribution in [3.63, 3.8) is 0 Å². The van der Waals surface area contributed by atoms with E-state index in [0.717, 1.165) is 0 Å². The van der Waals surface area contributed by atoms with Crippen LogP contribution in [0.1, 0.15) is 29.9 Å². The van der Waals surface area contributed by atoms with Gasteiger partial charge in [-0.15, -0.1) is 0 Å². The van der Waals surface area contributed by atoms with Crippen LogP contribution in [0.2, 0.25) is 0 Å². The number of halogens is 2. The van der Waals surface area contributed by atoms with Gasteiger partial charge in [0.15, 0.2) is 5.52 Å². The molecule has 5 nitrogen and oxygen atoms in total. The topological polar surface area (TPSA) is 60.7 Å². The number of hydrogen-bond acceptors (Lipinski definition) is 4. The van der Waals surface area contributed by atoms with Gasteiger partial charge in [0.1, 0.15) is 11.5 Å². The molecule has 1 aliphatic heterocycles. The van der Waals surface area contributed by atoms with Crippen molar-refractivity contribution in [1.29, 1.82) is 0 Å². The van der Waals surface area contributed by atoms with E-state index in [0.29, 0.717) is 35.4 Å². The Morgan fingerprint density at radius 2 is 2.04 bits per heavy atom. The van der Waals surface area contributed by atoms with Gasteiger partial charge in [-0.3, -0.25) is 9.36 Å². The molecule has 0 N–H and O–H groups in total. The first-order chi connectivity index (χ1) is 13.0. The lowest BCUT2D eigenvalue weighted by atomic mass is 9.95. The Bertz CT molecular complexity index is 1190. The van der Waals surface area contributed by atoms with Crippen LogP contribution in [-0.4, -0.2) is 25.4 Å². The van der Waals surface area contributed by atoms with Crippen molar-refractivity contribution in [2.45, 2.75) is 31.7 Å². The molecule has 1 spiro atoms. The van der Waals surface area contributed by atoms with Gasteiger partial charge in [0.05, 0.1) is 10.9 Å². The van der Waals surface area contributed by atoms with Crippen LogP contribution in [0, 0.1) is 17.3 Å². The summed E-state index contributed by atoms with van der Waals surface area (Å²) in [4.78, 5) is 25.6. The summed E-state index contributed by atoms with van der Waals surface area (Å²) in [6.07, 6.45) is 3.72. The smallest absolute Gasteiger partial charge is 0.280 e. The second kappa shape index (κ2) is 5.43. The fourth-order valence-electron chi connectivity index (χ4n) is 3.70. The maximum Gasteiger partial charge on any atom is 0.280 e. The van der Waals surface area contributed by atoms with Crippen molar-refractivity contribution >= 4 is 11.0 Å². The lowest BCUT2D eigenvalue weighted by Crippen LogP contribution is -2.36. The molecular weight excluding hydrogens is 350 g/mol. The van der Waals surface area contributed by atoms with Crippen molar-refractivity contribution in [2.24, 2.45) is 5.41 Å². The maximum absolute atomic E-state index is 13.7. The van der Waals surface area contributed by atoms with Gasteiger partial charge >= 0.3 is 0 Å². The lowest BCUT2D eigenvalue weighted by molar-refractivity contribution is 0.0470. The third-order valence-corrected chi connectivity index (χ3v) is 5.38. The van der Waals surface area contributed by atoms with Crippen LogP contribution in [0.4, 0.5) is 8.78 Å². The Balaban J connectivity index is 1.55. The zero-order valence-corrected chi connectivity index (χ0v) is 14.2. The quantitative estimate of drug-likeness (QED) is 0.575. The molecule has 0 saturated heterocycles. The van der Waals surface area contributed by atoms with Gasteiger partial charge in [0.2, 0.25) is 0 Å². The molecule has 3 aromatic rings. The van der Waals surface area contributed by atoms with E-state index >= 15 is 0 Å². The summed E-state index contributed by atoms with van der Waals surface area (Å²) in [5.41, 5.74) is 0.437. The van der Waals surface area contributed by atoms with Gasteiger partial charge in [0.25, 0.3) is 11.5 Å². The van der Waals surface area contributed by atoms with E-state index in [2.05, 4.69) is 26.8 Å². The summed E-state index contributed by atoms with van der Waals surface area (Å²) in [6.45, 7) is 0.0139. The minimum Gasteiger partial charge on any atom is -0.294 e. The summed E-state index contributed by atoms with van der Waals surface area (Å²) in [5.74, 6) is 3.75. The van der Waals surface area contributed by atoms with Crippen LogP contribution < -0.4 is 5.56 Å². The minimum absolute atomic E-state index is 0.0139. The molecule has 1 atom stereocenters. The van der Waals surface area contributed by atoms with Crippen LogP contribution >= 0.6 is 0 Å². The molecule has 7 heteroatoms. The van der Waals surface area contributed by atoms with Gasteiger partial charge in [0, 0.05) is 37.3 Å². The predicted octanol–water partition coefficient (Wildman–Crippen LogP) is 2.56. The van der Waals surface area contributed by atoms with Crippen molar-refractivity contribution in [2.75, 3.05) is 0 Å². The fraction of sp³-hybridized carbons (Fsp3) is 0.300. The van der Waals surface area contributed by atoms with Gasteiger partial charge in [-0.05, 0) is 30.5 Å². The Labute approximate surface area is 153 Å². The number of aryl methyl sites for hydroxylation is 1. The third kappa shape index (κ3) is 2.52. The summed E-state index contributed by atoms with van der Waals surface area (Å²) < 4.78 is 28.8. The number of fused-ring (bicyclic) bond motifs is 2. The van der Waals surface area contributed by atoms with Gasteiger partial charge in [-0.1, -0.05) is 12.0 Å². The van der Waals surface area contributed by atoms with Gasteiger partial charge < -0.3 is 0 Å². The number of rotatable bonds is 0. The molecule has 0 bridgehead atoms. The molecular formula is C20H14F2N4O. The number of alkyl halides is 2. The Morgan fingerprint density at radius 3 is 2.78 bits per heavy atom. The van der Waals surface area contributed by atoms with Crippen LogP contribution in [0.5, 0.6) is 0 Å². The zero-order chi connectivity index (χ0) is 18.6. The third-order valence-electron chi connectivity index (χ3n) is 5.38. The van der Waals surface area contributed by atoms with E-state index in [1.54, 1.807) is 18.3 Å². The van der Waals surface area contributed by atoms with Gasteiger partial charge in [-0.25, -0.2) is 23.7 Å². The van der Waals surface area contributed by atoms with E-state index in [4.69, 9.17) is 0 Å². The lowest BCUT2D eigenvalue weighted by Gasteiger charge is -2.25. The molecule has 1 fully saturated rings. The van der Waals surface area contributed by atoms with Crippen LogP contribution in [0.3, 0.4) is 0 Å². The number of aromatic nitrogens is 4. The highest BCUT2D eigenvalue weighted by molar-refractivity contribution is 5.74. The summed E-state index contributed by atoms with van der Waals surface area (Å²) >= 11 is 0. The number of pyridine rings is 2. The molecule has 0 aromatic carbocycles. The average molecular weight is 364 g/mol. The highest BCUT2D eigenvalue weighted by Crippen LogP contribution is 2.64. The second-order valence-corrected chi connectivity index (χ2v) is 7.14. The van der Waals surface area contributed by atoms with Crippen molar-refractivity contribution < 1.29 is 8.78 Å². The Morgan fingerprint density at radius 1 is 1.19 bits per heavy atom. The average Bonchev–Trinajstić information content (AvgIpc) is 3.20. The maximum atomic E-state index is 13.7. The fourth-order valence-corrected chi connectivity index (χ4v) is 3.70. The first-order valence-electron chi connectivity index (χ1n) is 8.68. The van der Waals surface area contributed by atoms with E-state index < -0.39 is 11.3 Å². The van der Waals surface area contributed by atoms with Crippen molar-refractivity contribution in [3.8, 4) is 11.8 Å². The molecule has 2 aliphatic rings. The molecule has 1 aliphatic carbocycles. The SMILES string of the molecule is O=c1c2ncc(C#Cc3ccccn3)cc2nc2n1CC1(CC2)CC1(F)F. The molecule has 134 valence electrons. The van der Waals surface area contributed by atoms with E-state index in [-0.39, 0.29) is 24.0 Å². The first-order valence-corrected chi connectivity index (χ1v) is 8.68. The molecule has 4 heterocycles. The summed E-state index contributed by atoms with van der Waals surface area (Å²) in [7, 11) is 0. The van der Waals surface area contributed by atoms with Crippen LogP contribution in [0.15, 0.2) is 41.5 Å². The molecule has 5 rings (SSSR count). The molecule has 0 radical (unpaired) electrons. The van der Waals surface area contributed by atoms with E-state index in [9.17, 15) is 13.6 Å². The van der Waals surface area contributed by atoms with Crippen molar-refractivity contribution in [3.05, 3.63) is 64.1 Å². The molecule has 3 aromatic heterocycles. The Kier molecular flexibility index (Phi) is 3.23. The molecule has 1 saturated carbocycles. The standard InChI is InChI=1S/C20H14F2N4O/c21-20(22)11-19(20)7-6-16-25-15-9-13(4-5-14-3-1-2-8-23-14)10-24-17(15)18(27)26(16)12-19/h1-3,8-10H,6-7,11-12H2. The first kappa shape index (κ1) is 16.1. The second-order valence-electron chi connectivity index (χ2n) is 7.14. The predicted molar refractivity (Wildman–Crippen MR) is 94.3 cm³/mol. The minimum atomic E-state index is -2.68. The molecule has 0 amide bonds. The Hall–Kier alpha value is -3.14. The highest BCUT2D eigenvalue weighted by Gasteiger charge is 2.71. The number of nitrogens with zero attached hydrogens (tertiary/aromatic N) is 4. The van der Waals surface area contributed by atoms with E-state index in [1.165, 1.54) is 10.8 Å². The van der Waals surface area contributed by atoms with Gasteiger partial charge in [-0.2, -0.15) is 0 Å². The largest absolute Gasteiger partial charge is 0.294 e. The monoisotopic (exact) mass is 364 g/mol. The van der Waals surface area contributed by atoms with E-state index in [1.807, 2.05) is 12.1 Å². The highest BCUT2D eigenvalue weighted by atomic mass is 19.3. The summed E-state index contributed by atoms with van der Waals surface area (Å²) in [5, 5.41) is 0. The molecule has 1 unspecified atom stereocenters. The molecule has 27 heavy (non-hydrogen) atoms. The van der Waals surface area contributed by atoms with Crippen molar-refractivity contribution in [1.82, 2.24) is 19.5 Å².